The summed E-state index contributed by atoms with van der Waals surface area (Å²) in [5.41, 5.74) is 5.18. The number of rotatable bonds is 2. The van der Waals surface area contributed by atoms with Crippen LogP contribution in [0.5, 0.6) is 0 Å². The number of amides is 2. The fourth-order valence-corrected chi connectivity index (χ4v) is 3.87. The van der Waals surface area contributed by atoms with Crippen molar-refractivity contribution in [2.24, 2.45) is 17.1 Å². The maximum absolute atomic E-state index is 12.8. The van der Waals surface area contributed by atoms with Crippen molar-refractivity contribution in [3.8, 4) is 0 Å². The van der Waals surface area contributed by atoms with Crippen LogP contribution in [0.15, 0.2) is 0 Å². The van der Waals surface area contributed by atoms with Gasteiger partial charge in [-0.25, -0.2) is 0 Å². The summed E-state index contributed by atoms with van der Waals surface area (Å²) in [6.07, 6.45) is 4.28. The summed E-state index contributed by atoms with van der Waals surface area (Å²) >= 11 is 5.12. The fourth-order valence-electron chi connectivity index (χ4n) is 3.57. The van der Waals surface area contributed by atoms with Crippen LogP contribution in [0.4, 0.5) is 0 Å². The van der Waals surface area contributed by atoms with Gasteiger partial charge in [0.05, 0.1) is 22.4 Å². The Hall–Kier alpha value is -1.17. The zero-order valence-corrected chi connectivity index (χ0v) is 11.7. The van der Waals surface area contributed by atoms with Gasteiger partial charge in [0.15, 0.2) is 0 Å². The molecule has 0 aromatic heterocycles. The third-order valence-corrected chi connectivity index (χ3v) is 5.34. The molecule has 2 saturated heterocycles. The number of fused-ring (bicyclic) bond motifs is 1. The molecule has 104 valence electrons. The summed E-state index contributed by atoms with van der Waals surface area (Å²) in [4.78, 5) is 26.7. The third kappa shape index (κ3) is 1.76. The van der Waals surface area contributed by atoms with E-state index >= 15 is 0 Å². The number of hydrogen-bond donors (Lipinski definition) is 2. The predicted octanol–water partition coefficient (Wildman–Crippen LogP) is 0.180. The number of carbonyl (C=O) groups is 2. The van der Waals surface area contributed by atoms with E-state index in [1.54, 1.807) is 0 Å². The molecule has 3 rings (SSSR count). The first-order chi connectivity index (χ1) is 9.06. The second kappa shape index (κ2) is 4.44. The second-order valence-corrected chi connectivity index (χ2v) is 6.30. The lowest BCUT2D eigenvalue weighted by molar-refractivity contribution is -0.147. The molecule has 3 aliphatic rings. The predicted molar refractivity (Wildman–Crippen MR) is 74.3 cm³/mol. The molecule has 2 heterocycles. The van der Waals surface area contributed by atoms with Crippen molar-refractivity contribution in [2.75, 3.05) is 13.1 Å². The van der Waals surface area contributed by atoms with E-state index in [1.807, 2.05) is 4.90 Å². The lowest BCUT2D eigenvalue weighted by atomic mass is 9.67. The van der Waals surface area contributed by atoms with Gasteiger partial charge in [-0.2, -0.15) is 0 Å². The molecular formula is C13H19N3O2S. The van der Waals surface area contributed by atoms with Crippen LogP contribution in [-0.4, -0.2) is 40.8 Å². The van der Waals surface area contributed by atoms with Crippen LogP contribution in [0.2, 0.25) is 0 Å². The van der Waals surface area contributed by atoms with Crippen molar-refractivity contribution in [1.82, 2.24) is 10.2 Å². The number of nitrogens with two attached hydrogens (primary N) is 1. The van der Waals surface area contributed by atoms with Crippen LogP contribution in [0.1, 0.15) is 32.1 Å². The molecule has 0 radical (unpaired) electrons. The molecular weight excluding hydrogens is 262 g/mol. The van der Waals surface area contributed by atoms with Crippen LogP contribution in [0.25, 0.3) is 0 Å². The number of nitrogens with zero attached hydrogens (tertiary/aromatic N) is 1. The number of hydrogen-bond acceptors (Lipinski definition) is 3. The Balaban J connectivity index is 1.83. The van der Waals surface area contributed by atoms with Gasteiger partial charge in [0.1, 0.15) is 0 Å². The number of carbonyl (C=O) groups excluding carboxylic acids is 2. The Morgan fingerprint density at radius 1 is 1.42 bits per heavy atom. The summed E-state index contributed by atoms with van der Waals surface area (Å²) in [5, 5.41) is 2.87. The van der Waals surface area contributed by atoms with Gasteiger partial charge >= 0.3 is 0 Å². The van der Waals surface area contributed by atoms with E-state index in [4.69, 9.17) is 18.0 Å². The minimum Gasteiger partial charge on any atom is -0.392 e. The molecule has 3 N–H and O–H groups in total. The topological polar surface area (TPSA) is 75.4 Å². The van der Waals surface area contributed by atoms with Gasteiger partial charge in [-0.3, -0.25) is 9.59 Å². The number of piperidine rings is 1. The van der Waals surface area contributed by atoms with E-state index in [-0.39, 0.29) is 23.8 Å². The largest absolute Gasteiger partial charge is 0.392 e. The van der Waals surface area contributed by atoms with Gasteiger partial charge in [0.25, 0.3) is 0 Å². The molecule has 19 heavy (non-hydrogen) atoms. The van der Waals surface area contributed by atoms with Crippen molar-refractivity contribution >= 4 is 29.0 Å². The fraction of sp³-hybridized carbons (Fsp3) is 0.769. The van der Waals surface area contributed by atoms with Gasteiger partial charge < -0.3 is 16.0 Å². The quantitative estimate of drug-likeness (QED) is 0.708. The number of thiocarbonyl (C=S) groups is 1. The highest BCUT2D eigenvalue weighted by Crippen LogP contribution is 2.44. The molecule has 6 heteroatoms. The molecule has 2 amide bonds. The molecule has 3 fully saturated rings. The average Bonchev–Trinajstić information content (AvgIpc) is 2.69. The van der Waals surface area contributed by atoms with Crippen LogP contribution in [0.3, 0.4) is 0 Å². The number of nitrogens with one attached hydrogen (secondary N) is 1. The van der Waals surface area contributed by atoms with E-state index in [9.17, 15) is 9.59 Å². The second-order valence-electron chi connectivity index (χ2n) is 5.86. The molecule has 0 bridgehead atoms. The van der Waals surface area contributed by atoms with Crippen molar-refractivity contribution in [3.05, 3.63) is 0 Å². The van der Waals surface area contributed by atoms with E-state index < -0.39 is 5.41 Å². The Bertz CT molecular complexity index is 447. The van der Waals surface area contributed by atoms with Crippen molar-refractivity contribution in [3.63, 3.8) is 0 Å². The summed E-state index contributed by atoms with van der Waals surface area (Å²) in [7, 11) is 0. The SMILES string of the molecule is NC(=S)C1(C(=O)N2CCCC3C(=O)NCC32)CCC1. The maximum atomic E-state index is 12.8. The molecule has 1 saturated carbocycles. The smallest absolute Gasteiger partial charge is 0.235 e. The molecule has 1 aliphatic carbocycles. The van der Waals surface area contributed by atoms with E-state index in [0.717, 1.165) is 38.6 Å². The normalized spacial score (nSPS) is 32.2. The van der Waals surface area contributed by atoms with Crippen molar-refractivity contribution in [1.29, 1.82) is 0 Å². The van der Waals surface area contributed by atoms with E-state index in [1.165, 1.54) is 0 Å². The van der Waals surface area contributed by atoms with Crippen molar-refractivity contribution < 1.29 is 9.59 Å². The monoisotopic (exact) mass is 281 g/mol. The summed E-state index contributed by atoms with van der Waals surface area (Å²) in [6, 6.07) is 0.000532. The molecule has 2 aliphatic heterocycles. The molecule has 5 nitrogen and oxygen atoms in total. The summed E-state index contributed by atoms with van der Waals surface area (Å²) in [6.45, 7) is 1.29. The van der Waals surface area contributed by atoms with Crippen LogP contribution < -0.4 is 11.1 Å². The van der Waals surface area contributed by atoms with Crippen molar-refractivity contribution in [2.45, 2.75) is 38.1 Å². The first-order valence-corrected chi connectivity index (χ1v) is 7.36. The minimum absolute atomic E-state index is 0.000532. The molecule has 2 unspecified atom stereocenters. The molecule has 0 aromatic rings. The Morgan fingerprint density at radius 3 is 2.74 bits per heavy atom. The van der Waals surface area contributed by atoms with Crippen LogP contribution in [0, 0.1) is 11.3 Å². The summed E-state index contributed by atoms with van der Waals surface area (Å²) < 4.78 is 0. The van der Waals surface area contributed by atoms with Gasteiger partial charge in [-0.15, -0.1) is 0 Å². The lowest BCUT2D eigenvalue weighted by Gasteiger charge is -2.46. The molecule has 0 spiro atoms. The third-order valence-electron chi connectivity index (χ3n) is 4.95. The Morgan fingerprint density at radius 2 is 2.16 bits per heavy atom. The van der Waals surface area contributed by atoms with Crippen LogP contribution in [-0.2, 0) is 9.59 Å². The molecule has 0 aromatic carbocycles. The molecule has 2 atom stereocenters. The van der Waals surface area contributed by atoms with Gasteiger partial charge in [0.2, 0.25) is 11.8 Å². The highest BCUT2D eigenvalue weighted by molar-refractivity contribution is 7.80. The van der Waals surface area contributed by atoms with E-state index in [2.05, 4.69) is 5.32 Å². The van der Waals surface area contributed by atoms with Gasteiger partial charge in [0, 0.05) is 13.1 Å². The van der Waals surface area contributed by atoms with Gasteiger partial charge in [-0.1, -0.05) is 18.6 Å². The average molecular weight is 281 g/mol. The highest BCUT2D eigenvalue weighted by Gasteiger charge is 2.52. The first kappa shape index (κ1) is 12.8. The zero-order chi connectivity index (χ0) is 13.6. The maximum Gasteiger partial charge on any atom is 0.235 e. The van der Waals surface area contributed by atoms with Gasteiger partial charge in [-0.05, 0) is 25.7 Å². The highest BCUT2D eigenvalue weighted by atomic mass is 32.1. The first-order valence-electron chi connectivity index (χ1n) is 6.95. The van der Waals surface area contributed by atoms with E-state index in [0.29, 0.717) is 11.5 Å². The minimum atomic E-state index is -0.622. The summed E-state index contributed by atoms with van der Waals surface area (Å²) in [5.74, 6) is 0.0964. The lowest BCUT2D eigenvalue weighted by Crippen LogP contribution is -2.59. The standard InChI is InChI=1S/C13H19N3O2S/c14-11(19)13(4-2-5-13)12(18)16-6-1-3-8-9(16)7-15-10(8)17/h8-9H,1-7H2,(H2,14,19)(H,15,17). The van der Waals surface area contributed by atoms with Crippen LogP contribution >= 0.6 is 12.2 Å². The number of likely N-dealkylation sites (tertiary alicyclic amines) is 1. The Labute approximate surface area is 117 Å². The Kier molecular flexibility index (Phi) is 3.00. The zero-order valence-electron chi connectivity index (χ0n) is 10.9.